The van der Waals surface area contributed by atoms with Gasteiger partial charge >= 0.3 is 0 Å². The minimum absolute atomic E-state index is 0.132. The minimum Gasteiger partial charge on any atom is -0.368 e. The number of sulfonamides is 1. The number of rotatable bonds is 5. The lowest BCUT2D eigenvalue weighted by molar-refractivity contribution is -0.130. The summed E-state index contributed by atoms with van der Waals surface area (Å²) in [6.45, 7) is 0.953. The van der Waals surface area contributed by atoms with Crippen LogP contribution in [0.4, 0.5) is 0 Å². The van der Waals surface area contributed by atoms with Gasteiger partial charge in [-0.25, -0.2) is 12.7 Å². The number of nitrogens with zero attached hydrogens (tertiary/aromatic N) is 1. The second-order valence-electron chi connectivity index (χ2n) is 4.73. The van der Waals surface area contributed by atoms with Crippen LogP contribution < -0.4 is 5.32 Å². The second-order valence-corrected chi connectivity index (χ2v) is 8.27. The molecule has 20 heavy (non-hydrogen) atoms. The molecule has 1 atom stereocenters. The SMILES string of the molecule is CN(C)S(=O)(=O)c1ccc(CNC(=O)[C@@H]2CCCO2)s1. The molecule has 1 N–H and O–H groups in total. The van der Waals surface area contributed by atoms with Crippen molar-refractivity contribution in [1.29, 1.82) is 0 Å². The molecule has 0 unspecified atom stereocenters. The van der Waals surface area contributed by atoms with E-state index in [9.17, 15) is 13.2 Å². The van der Waals surface area contributed by atoms with E-state index in [1.165, 1.54) is 29.7 Å². The molecule has 1 amide bonds. The fraction of sp³-hybridized carbons (Fsp3) is 0.583. The van der Waals surface area contributed by atoms with Gasteiger partial charge in [0, 0.05) is 25.6 Å². The quantitative estimate of drug-likeness (QED) is 0.871. The lowest BCUT2D eigenvalue weighted by Crippen LogP contribution is -2.33. The van der Waals surface area contributed by atoms with E-state index in [4.69, 9.17) is 4.74 Å². The zero-order valence-corrected chi connectivity index (χ0v) is 13.1. The van der Waals surface area contributed by atoms with Gasteiger partial charge in [0.05, 0.1) is 6.54 Å². The molecule has 0 bridgehead atoms. The van der Waals surface area contributed by atoms with E-state index in [1.54, 1.807) is 12.1 Å². The molecule has 1 aliphatic rings. The Labute approximate surface area is 122 Å². The zero-order valence-electron chi connectivity index (χ0n) is 11.5. The Bertz CT molecular complexity index is 574. The van der Waals surface area contributed by atoms with Crippen molar-refractivity contribution in [3.8, 4) is 0 Å². The maximum atomic E-state index is 11.9. The predicted octanol–water partition coefficient (Wildman–Crippen LogP) is 0.794. The van der Waals surface area contributed by atoms with Crippen molar-refractivity contribution in [2.45, 2.75) is 29.7 Å². The zero-order chi connectivity index (χ0) is 14.8. The van der Waals surface area contributed by atoms with Crippen LogP contribution in [0, 0.1) is 0 Å². The van der Waals surface area contributed by atoms with E-state index < -0.39 is 10.0 Å². The summed E-state index contributed by atoms with van der Waals surface area (Å²) in [7, 11) is -0.408. The van der Waals surface area contributed by atoms with Crippen LogP contribution in [-0.4, -0.2) is 45.4 Å². The average molecular weight is 318 g/mol. The molecule has 2 rings (SSSR count). The molecular weight excluding hydrogens is 300 g/mol. The van der Waals surface area contributed by atoms with Crippen molar-refractivity contribution >= 4 is 27.3 Å². The van der Waals surface area contributed by atoms with E-state index in [0.29, 0.717) is 13.2 Å². The van der Waals surface area contributed by atoms with E-state index in [2.05, 4.69) is 5.32 Å². The summed E-state index contributed by atoms with van der Waals surface area (Å²) in [5.74, 6) is -0.132. The average Bonchev–Trinajstić information content (AvgIpc) is 3.07. The van der Waals surface area contributed by atoms with E-state index in [1.807, 2.05) is 0 Å². The molecule has 112 valence electrons. The van der Waals surface area contributed by atoms with E-state index in [-0.39, 0.29) is 16.2 Å². The smallest absolute Gasteiger partial charge is 0.252 e. The first-order valence-electron chi connectivity index (χ1n) is 6.32. The Morgan fingerprint density at radius 3 is 2.85 bits per heavy atom. The molecule has 0 aliphatic carbocycles. The van der Waals surface area contributed by atoms with Crippen LogP contribution in [0.5, 0.6) is 0 Å². The van der Waals surface area contributed by atoms with Gasteiger partial charge in [0.15, 0.2) is 0 Å². The summed E-state index contributed by atoms with van der Waals surface area (Å²) in [6, 6.07) is 3.28. The monoisotopic (exact) mass is 318 g/mol. The molecule has 0 saturated carbocycles. The lowest BCUT2D eigenvalue weighted by atomic mass is 10.2. The Hall–Kier alpha value is -0.960. The fourth-order valence-corrected chi connectivity index (χ4v) is 4.31. The van der Waals surface area contributed by atoms with Crippen LogP contribution >= 0.6 is 11.3 Å². The third-order valence-electron chi connectivity index (χ3n) is 3.03. The van der Waals surface area contributed by atoms with Crippen LogP contribution in [0.2, 0.25) is 0 Å². The number of thiophene rings is 1. The molecule has 1 fully saturated rings. The molecule has 2 heterocycles. The first-order valence-corrected chi connectivity index (χ1v) is 8.57. The number of hydrogen-bond donors (Lipinski definition) is 1. The van der Waals surface area contributed by atoms with Gasteiger partial charge < -0.3 is 10.1 Å². The number of ether oxygens (including phenoxy) is 1. The summed E-state index contributed by atoms with van der Waals surface area (Å²) >= 11 is 1.17. The highest BCUT2D eigenvalue weighted by Gasteiger charge is 2.24. The van der Waals surface area contributed by atoms with Crippen LogP contribution in [-0.2, 0) is 26.1 Å². The van der Waals surface area contributed by atoms with Gasteiger partial charge in [0.1, 0.15) is 10.3 Å². The van der Waals surface area contributed by atoms with Crippen molar-refractivity contribution < 1.29 is 17.9 Å². The Morgan fingerprint density at radius 2 is 2.25 bits per heavy atom. The standard InChI is InChI=1S/C12H18N2O4S2/c1-14(2)20(16,17)11-6-5-9(19-11)8-13-12(15)10-4-3-7-18-10/h5-6,10H,3-4,7-8H2,1-2H3,(H,13,15)/t10-/m0/s1. The molecule has 0 spiro atoms. The number of nitrogens with one attached hydrogen (secondary N) is 1. The largest absolute Gasteiger partial charge is 0.368 e. The Morgan fingerprint density at radius 1 is 1.50 bits per heavy atom. The summed E-state index contributed by atoms with van der Waals surface area (Å²) in [5, 5.41) is 2.77. The number of hydrogen-bond acceptors (Lipinski definition) is 5. The van der Waals surface area contributed by atoms with Crippen molar-refractivity contribution in [3.05, 3.63) is 17.0 Å². The van der Waals surface area contributed by atoms with Gasteiger partial charge in [-0.15, -0.1) is 11.3 Å². The van der Waals surface area contributed by atoms with Crippen LogP contribution in [0.25, 0.3) is 0 Å². The molecule has 0 radical (unpaired) electrons. The summed E-state index contributed by atoms with van der Waals surface area (Å²) < 4.78 is 30.6. The number of amides is 1. The summed E-state index contributed by atoms with van der Waals surface area (Å²) in [5.41, 5.74) is 0. The van der Waals surface area contributed by atoms with Crippen molar-refractivity contribution in [2.24, 2.45) is 0 Å². The van der Waals surface area contributed by atoms with Gasteiger partial charge in [0.2, 0.25) is 5.91 Å². The Kier molecular flexibility index (Phi) is 4.79. The fourth-order valence-electron chi connectivity index (χ4n) is 1.84. The molecule has 1 saturated heterocycles. The first-order chi connectivity index (χ1) is 9.41. The van der Waals surface area contributed by atoms with Crippen LogP contribution in [0.3, 0.4) is 0 Å². The number of carbonyl (C=O) groups is 1. The van der Waals surface area contributed by atoms with E-state index >= 15 is 0 Å². The third-order valence-corrected chi connectivity index (χ3v) is 6.40. The van der Waals surface area contributed by atoms with Gasteiger partial charge in [-0.05, 0) is 25.0 Å². The molecule has 0 aromatic carbocycles. The molecule has 6 nitrogen and oxygen atoms in total. The first kappa shape index (κ1) is 15.4. The summed E-state index contributed by atoms with van der Waals surface area (Å²) in [6.07, 6.45) is 1.29. The highest BCUT2D eigenvalue weighted by atomic mass is 32.2. The molecule has 8 heteroatoms. The molecule has 1 aromatic rings. The highest BCUT2D eigenvalue weighted by molar-refractivity contribution is 7.91. The second kappa shape index (κ2) is 6.21. The van der Waals surface area contributed by atoms with E-state index in [0.717, 1.165) is 17.7 Å². The minimum atomic E-state index is -3.40. The maximum absolute atomic E-state index is 11.9. The van der Waals surface area contributed by atoms with Crippen LogP contribution in [0.15, 0.2) is 16.3 Å². The normalized spacial score (nSPS) is 19.4. The third kappa shape index (κ3) is 3.38. The van der Waals surface area contributed by atoms with Gasteiger partial charge in [0.25, 0.3) is 10.0 Å². The van der Waals surface area contributed by atoms with Gasteiger partial charge in [-0.1, -0.05) is 0 Å². The molecular formula is C12H18N2O4S2. The predicted molar refractivity (Wildman–Crippen MR) is 76.0 cm³/mol. The van der Waals surface area contributed by atoms with Crippen LogP contribution in [0.1, 0.15) is 17.7 Å². The topological polar surface area (TPSA) is 75.7 Å². The van der Waals surface area contributed by atoms with Gasteiger partial charge in [-0.2, -0.15) is 0 Å². The molecule has 1 aromatic heterocycles. The lowest BCUT2D eigenvalue weighted by Gasteiger charge is -2.09. The Balaban J connectivity index is 1.95. The molecule has 1 aliphatic heterocycles. The number of carbonyl (C=O) groups excluding carboxylic acids is 1. The van der Waals surface area contributed by atoms with Gasteiger partial charge in [-0.3, -0.25) is 4.79 Å². The van der Waals surface area contributed by atoms with Crippen molar-refractivity contribution in [2.75, 3.05) is 20.7 Å². The maximum Gasteiger partial charge on any atom is 0.252 e. The van der Waals surface area contributed by atoms with Crippen molar-refractivity contribution in [3.63, 3.8) is 0 Å². The highest BCUT2D eigenvalue weighted by Crippen LogP contribution is 2.23. The van der Waals surface area contributed by atoms with Crippen molar-refractivity contribution in [1.82, 2.24) is 9.62 Å². The summed E-state index contributed by atoms with van der Waals surface area (Å²) in [4.78, 5) is 12.6.